The van der Waals surface area contributed by atoms with Crippen LogP contribution < -0.4 is 9.46 Å². The molecule has 1 N–H and O–H groups in total. The van der Waals surface area contributed by atoms with Gasteiger partial charge in [0.15, 0.2) is 0 Å². The smallest absolute Gasteiger partial charge is 0.241 e. The molecule has 0 radical (unpaired) electrons. The summed E-state index contributed by atoms with van der Waals surface area (Å²) in [5.74, 6) is -0.353. The Hall–Kier alpha value is -2.54. The number of ether oxygens (including phenoxy) is 1. The first kappa shape index (κ1) is 21.8. The number of hydrogen-bond donors (Lipinski definition) is 1. The summed E-state index contributed by atoms with van der Waals surface area (Å²) in [6.45, 7) is 6.69. The van der Waals surface area contributed by atoms with Crippen LogP contribution in [-0.4, -0.2) is 37.6 Å². The summed E-state index contributed by atoms with van der Waals surface area (Å²) >= 11 is 0. The topological polar surface area (TPSA) is 75.7 Å². The van der Waals surface area contributed by atoms with Crippen LogP contribution in [-0.2, 0) is 21.4 Å². The molecule has 0 fully saturated rings. The van der Waals surface area contributed by atoms with E-state index in [1.54, 1.807) is 29.2 Å². The Morgan fingerprint density at radius 1 is 1.07 bits per heavy atom. The highest BCUT2D eigenvalue weighted by molar-refractivity contribution is 7.93. The molecule has 7 heteroatoms. The fourth-order valence-corrected chi connectivity index (χ4v) is 3.78. The van der Waals surface area contributed by atoms with Gasteiger partial charge in [0.25, 0.3) is 0 Å². The van der Waals surface area contributed by atoms with E-state index in [4.69, 9.17) is 4.74 Å². The van der Waals surface area contributed by atoms with Crippen LogP contribution in [0.4, 0.5) is 5.69 Å². The number of carbonyl (C=O) groups excluding carboxylic acids is 1. The van der Waals surface area contributed by atoms with Crippen molar-refractivity contribution in [2.75, 3.05) is 17.0 Å². The first-order valence-corrected chi connectivity index (χ1v) is 11.0. The van der Waals surface area contributed by atoms with Gasteiger partial charge in [-0.2, -0.15) is 0 Å². The Balaban J connectivity index is 2.01. The van der Waals surface area contributed by atoms with Crippen molar-refractivity contribution in [2.45, 2.75) is 39.8 Å². The van der Waals surface area contributed by atoms with Crippen molar-refractivity contribution >= 4 is 21.6 Å². The van der Waals surface area contributed by atoms with Crippen LogP contribution in [0.2, 0.25) is 0 Å². The van der Waals surface area contributed by atoms with E-state index in [2.05, 4.69) is 4.72 Å². The Bertz CT molecular complexity index is 850. The minimum atomic E-state index is -3.81. The predicted octanol–water partition coefficient (Wildman–Crippen LogP) is 3.65. The van der Waals surface area contributed by atoms with Crippen LogP contribution in [0.5, 0.6) is 5.75 Å². The highest BCUT2D eigenvalue weighted by atomic mass is 32.2. The van der Waals surface area contributed by atoms with Gasteiger partial charge in [0.1, 0.15) is 11.5 Å². The first-order chi connectivity index (χ1) is 13.3. The fourth-order valence-electron chi connectivity index (χ4n) is 2.71. The lowest BCUT2D eigenvalue weighted by Crippen LogP contribution is -2.37. The molecule has 2 aromatic rings. The van der Waals surface area contributed by atoms with Gasteiger partial charge in [0.05, 0.1) is 6.10 Å². The lowest BCUT2D eigenvalue weighted by atomic mass is 10.2. The monoisotopic (exact) mass is 404 g/mol. The molecule has 0 aliphatic rings. The summed E-state index contributed by atoms with van der Waals surface area (Å²) in [4.78, 5) is 14.2. The highest BCUT2D eigenvalue weighted by Crippen LogP contribution is 2.18. The molecule has 152 valence electrons. The van der Waals surface area contributed by atoms with Crippen molar-refractivity contribution in [3.05, 3.63) is 60.2 Å². The minimum absolute atomic E-state index is 0.0364. The van der Waals surface area contributed by atoms with Crippen molar-refractivity contribution in [1.82, 2.24) is 4.90 Å². The van der Waals surface area contributed by atoms with Crippen LogP contribution >= 0.6 is 0 Å². The van der Waals surface area contributed by atoms with E-state index in [0.717, 1.165) is 12.0 Å². The van der Waals surface area contributed by atoms with E-state index in [-0.39, 0.29) is 6.10 Å². The maximum Gasteiger partial charge on any atom is 0.241 e. The summed E-state index contributed by atoms with van der Waals surface area (Å²) < 4.78 is 32.9. The number of nitrogens with zero attached hydrogens (tertiary/aromatic N) is 1. The molecule has 0 aliphatic heterocycles. The maximum atomic E-state index is 12.6. The molecule has 6 nitrogen and oxygen atoms in total. The van der Waals surface area contributed by atoms with Crippen molar-refractivity contribution in [3.63, 3.8) is 0 Å². The third kappa shape index (κ3) is 7.23. The normalized spacial score (nSPS) is 11.3. The number of anilines is 1. The second kappa shape index (κ2) is 10.1. The third-order valence-electron chi connectivity index (χ3n) is 3.88. The van der Waals surface area contributed by atoms with E-state index in [1.807, 2.05) is 51.1 Å². The van der Waals surface area contributed by atoms with Crippen molar-refractivity contribution in [2.24, 2.45) is 0 Å². The molecule has 28 heavy (non-hydrogen) atoms. The Morgan fingerprint density at radius 3 is 2.29 bits per heavy atom. The molecule has 0 aromatic heterocycles. The summed E-state index contributed by atoms with van der Waals surface area (Å²) in [7, 11) is -3.81. The van der Waals surface area contributed by atoms with E-state index >= 15 is 0 Å². The maximum absolute atomic E-state index is 12.6. The lowest BCUT2D eigenvalue weighted by Gasteiger charge is -2.22. The average Bonchev–Trinajstić information content (AvgIpc) is 2.63. The number of carbonyl (C=O) groups is 1. The van der Waals surface area contributed by atoms with E-state index in [0.29, 0.717) is 24.5 Å². The van der Waals surface area contributed by atoms with Gasteiger partial charge in [0.2, 0.25) is 15.9 Å². The minimum Gasteiger partial charge on any atom is -0.491 e. The zero-order chi connectivity index (χ0) is 20.6. The highest BCUT2D eigenvalue weighted by Gasteiger charge is 2.21. The fraction of sp³-hybridized carbons (Fsp3) is 0.381. The molecule has 0 aliphatic carbocycles. The van der Waals surface area contributed by atoms with Gasteiger partial charge in [-0.15, -0.1) is 0 Å². The van der Waals surface area contributed by atoms with Crippen LogP contribution in [0.1, 0.15) is 32.8 Å². The number of hydrogen-bond acceptors (Lipinski definition) is 4. The van der Waals surface area contributed by atoms with Crippen LogP contribution in [0.3, 0.4) is 0 Å². The molecule has 2 rings (SSSR count). The number of amides is 1. The van der Waals surface area contributed by atoms with Gasteiger partial charge in [-0.1, -0.05) is 37.3 Å². The van der Waals surface area contributed by atoms with E-state index < -0.39 is 21.7 Å². The van der Waals surface area contributed by atoms with Gasteiger partial charge in [-0.05, 0) is 50.1 Å². The zero-order valence-electron chi connectivity index (χ0n) is 16.6. The second-order valence-electron chi connectivity index (χ2n) is 6.85. The molecule has 0 bridgehead atoms. The SMILES string of the molecule is CCCN(Cc1ccccc1)C(=O)CS(=O)(=O)Nc1ccc(OC(C)C)cc1. The van der Waals surface area contributed by atoms with E-state index in [1.165, 1.54) is 0 Å². The lowest BCUT2D eigenvalue weighted by molar-refractivity contribution is -0.129. The van der Waals surface area contributed by atoms with Gasteiger partial charge in [-0.25, -0.2) is 8.42 Å². The van der Waals surface area contributed by atoms with Gasteiger partial charge in [-0.3, -0.25) is 9.52 Å². The Kier molecular flexibility index (Phi) is 7.87. The third-order valence-corrected chi connectivity index (χ3v) is 5.05. The number of rotatable bonds is 10. The molecular formula is C21H28N2O4S. The average molecular weight is 405 g/mol. The van der Waals surface area contributed by atoms with Crippen molar-refractivity contribution in [3.8, 4) is 5.75 Å². The first-order valence-electron chi connectivity index (χ1n) is 9.38. The van der Waals surface area contributed by atoms with Crippen molar-refractivity contribution in [1.29, 1.82) is 0 Å². The van der Waals surface area contributed by atoms with Crippen molar-refractivity contribution < 1.29 is 17.9 Å². The molecule has 0 heterocycles. The largest absolute Gasteiger partial charge is 0.491 e. The molecule has 0 saturated heterocycles. The number of benzene rings is 2. The summed E-state index contributed by atoms with van der Waals surface area (Å²) in [5.41, 5.74) is 1.37. The molecule has 0 atom stereocenters. The summed E-state index contributed by atoms with van der Waals surface area (Å²) in [5, 5.41) is 0. The number of nitrogens with one attached hydrogen (secondary N) is 1. The second-order valence-corrected chi connectivity index (χ2v) is 8.58. The van der Waals surface area contributed by atoms with Gasteiger partial charge >= 0.3 is 0 Å². The van der Waals surface area contributed by atoms with Gasteiger partial charge in [0, 0.05) is 18.8 Å². The van der Waals surface area contributed by atoms with E-state index in [9.17, 15) is 13.2 Å². The standard InChI is InChI=1S/C21H28N2O4S/c1-4-14-23(15-18-8-6-5-7-9-18)21(24)16-28(25,26)22-19-10-12-20(13-11-19)27-17(2)3/h5-13,17,22H,4,14-16H2,1-3H3. The molecule has 0 spiro atoms. The Labute approximate surface area is 167 Å². The molecule has 2 aromatic carbocycles. The molecular weight excluding hydrogens is 376 g/mol. The quantitative estimate of drug-likeness (QED) is 0.656. The molecule has 0 unspecified atom stereocenters. The number of sulfonamides is 1. The van der Waals surface area contributed by atoms with Gasteiger partial charge < -0.3 is 9.64 Å². The van der Waals surface area contributed by atoms with Crippen LogP contribution in [0.15, 0.2) is 54.6 Å². The summed E-state index contributed by atoms with van der Waals surface area (Å²) in [6.07, 6.45) is 0.790. The Morgan fingerprint density at radius 2 is 1.71 bits per heavy atom. The molecule has 1 amide bonds. The summed E-state index contributed by atoms with van der Waals surface area (Å²) in [6, 6.07) is 16.2. The molecule has 0 saturated carbocycles. The van der Waals surface area contributed by atoms with Crippen LogP contribution in [0.25, 0.3) is 0 Å². The zero-order valence-corrected chi connectivity index (χ0v) is 17.4. The predicted molar refractivity (Wildman–Crippen MR) is 112 cm³/mol. The van der Waals surface area contributed by atoms with Crippen LogP contribution in [0, 0.1) is 0 Å².